The number of carboxylic acids is 1. The van der Waals surface area contributed by atoms with Gasteiger partial charge in [-0.3, -0.25) is 14.5 Å². The second-order valence-corrected chi connectivity index (χ2v) is 6.09. The lowest BCUT2D eigenvalue weighted by atomic mass is 10.1. The Morgan fingerprint density at radius 1 is 1.32 bits per heavy atom. The van der Waals surface area contributed by atoms with Crippen molar-refractivity contribution in [1.29, 1.82) is 0 Å². The van der Waals surface area contributed by atoms with Gasteiger partial charge in [0.05, 0.1) is 6.54 Å². The maximum Gasteiger partial charge on any atom is 0.320 e. The number of nitrogens with zero attached hydrogens (tertiary/aromatic N) is 2. The van der Waals surface area contributed by atoms with Gasteiger partial charge in [0, 0.05) is 19.6 Å². The summed E-state index contributed by atoms with van der Waals surface area (Å²) in [6.45, 7) is 4.39. The van der Waals surface area contributed by atoms with Crippen molar-refractivity contribution in [3.05, 3.63) is 35.4 Å². The molecule has 120 valence electrons. The number of hydrogen-bond acceptors (Lipinski definition) is 3. The molecule has 1 unspecified atom stereocenters. The lowest BCUT2D eigenvalue weighted by Gasteiger charge is -2.28. The lowest BCUT2D eigenvalue weighted by molar-refractivity contribution is -0.144. The van der Waals surface area contributed by atoms with Crippen molar-refractivity contribution >= 4 is 11.9 Å². The van der Waals surface area contributed by atoms with Gasteiger partial charge in [0.25, 0.3) is 0 Å². The maximum absolute atomic E-state index is 12.4. The molecule has 1 aromatic rings. The molecule has 1 N–H and O–H groups in total. The Kier molecular flexibility index (Phi) is 5.19. The molecular weight excluding hydrogens is 280 g/mol. The average molecular weight is 304 g/mol. The largest absolute Gasteiger partial charge is 0.480 e. The molecule has 2 rings (SSSR count). The van der Waals surface area contributed by atoms with Gasteiger partial charge in [-0.05, 0) is 37.8 Å². The Bertz CT molecular complexity index is 555. The molecule has 1 saturated carbocycles. The molecule has 1 aliphatic carbocycles. The standard InChI is InChI=1S/C17H24N2O3/c1-12-6-4-5-7-14(12)10-18(3)16(20)11-19(15-8-9-15)13(2)17(21)22/h4-7,13,15H,8-11H2,1-3H3,(H,21,22). The fraction of sp³-hybridized carbons (Fsp3) is 0.529. The molecule has 0 radical (unpaired) electrons. The predicted molar refractivity (Wildman–Crippen MR) is 84.5 cm³/mol. The minimum atomic E-state index is -0.874. The molecule has 0 spiro atoms. The maximum atomic E-state index is 12.4. The van der Waals surface area contributed by atoms with Crippen LogP contribution in [0.1, 0.15) is 30.9 Å². The highest BCUT2D eigenvalue weighted by Gasteiger charge is 2.36. The molecule has 5 nitrogen and oxygen atoms in total. The van der Waals surface area contributed by atoms with E-state index < -0.39 is 12.0 Å². The summed E-state index contributed by atoms with van der Waals surface area (Å²) in [7, 11) is 1.77. The first kappa shape index (κ1) is 16.5. The van der Waals surface area contributed by atoms with Gasteiger partial charge >= 0.3 is 5.97 Å². The van der Waals surface area contributed by atoms with Crippen molar-refractivity contribution in [3.8, 4) is 0 Å². The minimum Gasteiger partial charge on any atom is -0.480 e. The summed E-state index contributed by atoms with van der Waals surface area (Å²) in [6, 6.07) is 7.59. The van der Waals surface area contributed by atoms with Crippen LogP contribution in [-0.2, 0) is 16.1 Å². The highest BCUT2D eigenvalue weighted by atomic mass is 16.4. The van der Waals surface area contributed by atoms with E-state index in [2.05, 4.69) is 0 Å². The van der Waals surface area contributed by atoms with Gasteiger partial charge in [0.2, 0.25) is 5.91 Å². The normalized spacial score (nSPS) is 15.6. The summed E-state index contributed by atoms with van der Waals surface area (Å²) >= 11 is 0. The van der Waals surface area contributed by atoms with Crippen molar-refractivity contribution in [2.45, 2.75) is 45.3 Å². The number of aryl methyl sites for hydroxylation is 1. The topological polar surface area (TPSA) is 60.9 Å². The Morgan fingerprint density at radius 3 is 2.50 bits per heavy atom. The summed E-state index contributed by atoms with van der Waals surface area (Å²) in [5, 5.41) is 9.19. The molecule has 1 fully saturated rings. The van der Waals surface area contributed by atoms with E-state index in [-0.39, 0.29) is 18.5 Å². The first-order valence-electron chi connectivity index (χ1n) is 7.67. The number of carboxylic acid groups (broad SMARTS) is 1. The van der Waals surface area contributed by atoms with Crippen LogP contribution in [0.5, 0.6) is 0 Å². The molecule has 22 heavy (non-hydrogen) atoms. The van der Waals surface area contributed by atoms with Crippen molar-refractivity contribution in [2.75, 3.05) is 13.6 Å². The summed E-state index contributed by atoms with van der Waals surface area (Å²) in [5.74, 6) is -0.912. The average Bonchev–Trinajstić information content (AvgIpc) is 3.30. The van der Waals surface area contributed by atoms with E-state index >= 15 is 0 Å². The van der Waals surface area contributed by atoms with Crippen LogP contribution in [0.15, 0.2) is 24.3 Å². The van der Waals surface area contributed by atoms with E-state index in [1.807, 2.05) is 31.2 Å². The third kappa shape index (κ3) is 4.07. The summed E-state index contributed by atoms with van der Waals surface area (Å²) in [4.78, 5) is 27.1. The monoisotopic (exact) mass is 304 g/mol. The fourth-order valence-corrected chi connectivity index (χ4v) is 2.54. The number of hydrogen-bond donors (Lipinski definition) is 1. The van der Waals surface area contributed by atoms with Crippen LogP contribution in [0.2, 0.25) is 0 Å². The van der Waals surface area contributed by atoms with Crippen molar-refractivity contribution in [1.82, 2.24) is 9.80 Å². The number of benzene rings is 1. The van der Waals surface area contributed by atoms with Crippen LogP contribution in [0.25, 0.3) is 0 Å². The van der Waals surface area contributed by atoms with E-state index in [0.29, 0.717) is 6.54 Å². The molecule has 1 aromatic carbocycles. The third-order valence-electron chi connectivity index (χ3n) is 4.28. The number of carbonyl (C=O) groups excluding carboxylic acids is 1. The van der Waals surface area contributed by atoms with E-state index in [9.17, 15) is 14.7 Å². The molecule has 0 saturated heterocycles. The second-order valence-electron chi connectivity index (χ2n) is 6.09. The summed E-state index contributed by atoms with van der Waals surface area (Å²) in [5.41, 5.74) is 2.27. The predicted octanol–water partition coefficient (Wildman–Crippen LogP) is 1.89. The molecule has 0 bridgehead atoms. The van der Waals surface area contributed by atoms with Crippen LogP contribution in [0.3, 0.4) is 0 Å². The molecule has 1 atom stereocenters. The first-order chi connectivity index (χ1) is 10.4. The first-order valence-corrected chi connectivity index (χ1v) is 7.67. The van der Waals surface area contributed by atoms with Gasteiger partial charge in [0.15, 0.2) is 0 Å². The Labute approximate surface area is 131 Å². The molecule has 0 aromatic heterocycles. The smallest absolute Gasteiger partial charge is 0.320 e. The van der Waals surface area contributed by atoms with Crippen molar-refractivity contribution < 1.29 is 14.7 Å². The molecule has 0 heterocycles. The highest BCUT2D eigenvalue weighted by Crippen LogP contribution is 2.28. The van der Waals surface area contributed by atoms with Crippen LogP contribution in [-0.4, -0.2) is 52.5 Å². The fourth-order valence-electron chi connectivity index (χ4n) is 2.54. The number of likely N-dealkylation sites (N-methyl/N-ethyl adjacent to an activating group) is 1. The van der Waals surface area contributed by atoms with Gasteiger partial charge in [-0.25, -0.2) is 0 Å². The summed E-state index contributed by atoms with van der Waals surface area (Å²) in [6.07, 6.45) is 1.96. The highest BCUT2D eigenvalue weighted by molar-refractivity contribution is 5.80. The van der Waals surface area contributed by atoms with Crippen LogP contribution in [0.4, 0.5) is 0 Å². The van der Waals surface area contributed by atoms with Crippen LogP contribution >= 0.6 is 0 Å². The van der Waals surface area contributed by atoms with Crippen LogP contribution in [0, 0.1) is 6.92 Å². The molecule has 5 heteroatoms. The lowest BCUT2D eigenvalue weighted by Crippen LogP contribution is -2.46. The Morgan fingerprint density at radius 2 is 1.95 bits per heavy atom. The number of aliphatic carboxylic acids is 1. The molecular formula is C17H24N2O3. The van der Waals surface area contributed by atoms with Gasteiger partial charge < -0.3 is 10.0 Å². The second kappa shape index (κ2) is 6.92. The van der Waals surface area contributed by atoms with E-state index in [1.165, 1.54) is 0 Å². The molecule has 1 aliphatic rings. The SMILES string of the molecule is Cc1ccccc1CN(C)C(=O)CN(C1CC1)C(C)C(=O)O. The summed E-state index contributed by atoms with van der Waals surface area (Å²) < 4.78 is 0. The molecule has 1 amide bonds. The zero-order valence-corrected chi connectivity index (χ0v) is 13.5. The van der Waals surface area contributed by atoms with Gasteiger partial charge in [-0.2, -0.15) is 0 Å². The Hall–Kier alpha value is -1.88. The quantitative estimate of drug-likeness (QED) is 0.835. The number of rotatable bonds is 7. The van der Waals surface area contributed by atoms with Crippen LogP contribution < -0.4 is 0 Å². The van der Waals surface area contributed by atoms with Crippen molar-refractivity contribution in [3.63, 3.8) is 0 Å². The molecule has 0 aliphatic heterocycles. The van der Waals surface area contributed by atoms with Gasteiger partial charge in [0.1, 0.15) is 6.04 Å². The number of carbonyl (C=O) groups is 2. The third-order valence-corrected chi connectivity index (χ3v) is 4.28. The zero-order chi connectivity index (χ0) is 16.3. The Balaban J connectivity index is 1.98. The van der Waals surface area contributed by atoms with Crippen molar-refractivity contribution in [2.24, 2.45) is 0 Å². The van der Waals surface area contributed by atoms with E-state index in [1.54, 1.807) is 23.8 Å². The zero-order valence-electron chi connectivity index (χ0n) is 13.5. The van der Waals surface area contributed by atoms with Gasteiger partial charge in [-0.15, -0.1) is 0 Å². The van der Waals surface area contributed by atoms with Gasteiger partial charge in [-0.1, -0.05) is 24.3 Å². The minimum absolute atomic E-state index is 0.0387. The van der Waals surface area contributed by atoms with E-state index in [0.717, 1.165) is 24.0 Å². The number of amides is 1. The van der Waals surface area contributed by atoms with E-state index in [4.69, 9.17) is 0 Å².